The van der Waals surface area contributed by atoms with Crippen LogP contribution in [0.2, 0.25) is 0 Å². The molecule has 0 aliphatic heterocycles. The van der Waals surface area contributed by atoms with Crippen LogP contribution in [0.15, 0.2) is 18.3 Å². The van der Waals surface area contributed by atoms with Crippen LogP contribution in [0.3, 0.4) is 0 Å². The fourth-order valence-corrected chi connectivity index (χ4v) is 1.39. The number of aromatic amines is 1. The summed E-state index contributed by atoms with van der Waals surface area (Å²) in [5.41, 5.74) is 0.398. The first kappa shape index (κ1) is 9.05. The number of aromatic nitrogens is 2. The monoisotopic (exact) mass is 200 g/mol. The Balaban J connectivity index is 2.77. The third-order valence-corrected chi connectivity index (χ3v) is 1.96. The van der Waals surface area contributed by atoms with Gasteiger partial charge in [-0.25, -0.2) is 0 Å². The number of H-pyrrole nitrogens is 1. The van der Waals surface area contributed by atoms with Gasteiger partial charge in [-0.15, -0.1) is 0 Å². The zero-order valence-electron chi connectivity index (χ0n) is 7.31. The number of nitrogens with one attached hydrogen (secondary N) is 1. The van der Waals surface area contributed by atoms with E-state index in [4.69, 9.17) is 0 Å². The van der Waals surface area contributed by atoms with Gasteiger partial charge in [-0.1, -0.05) is 0 Å². The van der Waals surface area contributed by atoms with E-state index in [9.17, 15) is 13.2 Å². The summed E-state index contributed by atoms with van der Waals surface area (Å²) < 4.78 is 37.4. The molecule has 0 saturated heterocycles. The van der Waals surface area contributed by atoms with E-state index in [1.807, 2.05) is 0 Å². The topological polar surface area (TPSA) is 28.7 Å². The normalized spacial score (nSPS) is 12.3. The molecule has 0 spiro atoms. The van der Waals surface area contributed by atoms with Gasteiger partial charge in [-0.05, 0) is 19.1 Å². The Morgan fingerprint density at radius 3 is 2.71 bits per heavy atom. The molecular formula is C9H7F3N2. The lowest BCUT2D eigenvalue weighted by molar-refractivity contribution is -0.136. The average molecular weight is 200 g/mol. The fraction of sp³-hybridized carbons (Fsp3) is 0.222. The minimum absolute atomic E-state index is 0.0532. The first-order chi connectivity index (χ1) is 6.48. The number of nitrogens with zero attached hydrogens (tertiary/aromatic N) is 1. The third kappa shape index (κ3) is 1.34. The summed E-state index contributed by atoms with van der Waals surface area (Å²) in [6.45, 7) is 1.70. The minimum atomic E-state index is -4.33. The molecule has 2 rings (SSSR count). The van der Waals surface area contributed by atoms with Crippen LogP contribution in [0.4, 0.5) is 13.2 Å². The highest BCUT2D eigenvalue weighted by molar-refractivity contribution is 5.79. The molecule has 0 unspecified atom stereocenters. The van der Waals surface area contributed by atoms with Crippen LogP contribution in [-0.4, -0.2) is 9.97 Å². The van der Waals surface area contributed by atoms with Crippen LogP contribution in [0.5, 0.6) is 0 Å². The summed E-state index contributed by atoms with van der Waals surface area (Å²) in [5.74, 6) is 0. The molecule has 74 valence electrons. The smallest absolute Gasteiger partial charge is 0.357 e. The SMILES string of the molecule is Cc1cc2nccc(C(F)(F)F)c2[nH]1. The van der Waals surface area contributed by atoms with Crippen molar-refractivity contribution in [1.82, 2.24) is 9.97 Å². The summed E-state index contributed by atoms with van der Waals surface area (Å²) >= 11 is 0. The van der Waals surface area contributed by atoms with Crippen molar-refractivity contribution in [3.05, 3.63) is 29.6 Å². The quantitative estimate of drug-likeness (QED) is 0.695. The number of hydrogen-bond acceptors (Lipinski definition) is 1. The van der Waals surface area contributed by atoms with E-state index in [2.05, 4.69) is 9.97 Å². The van der Waals surface area contributed by atoms with Gasteiger partial charge in [0.15, 0.2) is 0 Å². The first-order valence-corrected chi connectivity index (χ1v) is 4.00. The van der Waals surface area contributed by atoms with Gasteiger partial charge in [-0.3, -0.25) is 4.98 Å². The second kappa shape index (κ2) is 2.73. The van der Waals surface area contributed by atoms with Crippen molar-refractivity contribution in [2.75, 3.05) is 0 Å². The van der Waals surface area contributed by atoms with Crippen LogP contribution < -0.4 is 0 Å². The standard InChI is InChI=1S/C9H7F3N2/c1-5-4-7-8(14-5)6(2-3-13-7)9(10,11)12/h2-4,14H,1H3. The molecule has 0 atom stereocenters. The van der Waals surface area contributed by atoms with E-state index in [-0.39, 0.29) is 5.52 Å². The van der Waals surface area contributed by atoms with Gasteiger partial charge < -0.3 is 4.98 Å². The van der Waals surface area contributed by atoms with E-state index in [1.54, 1.807) is 13.0 Å². The van der Waals surface area contributed by atoms with Gasteiger partial charge in [0.25, 0.3) is 0 Å². The zero-order valence-corrected chi connectivity index (χ0v) is 7.31. The zero-order chi connectivity index (χ0) is 10.3. The molecule has 0 fully saturated rings. The third-order valence-electron chi connectivity index (χ3n) is 1.96. The number of rotatable bonds is 0. The molecule has 2 nitrogen and oxygen atoms in total. The number of fused-ring (bicyclic) bond motifs is 1. The average Bonchev–Trinajstić information content (AvgIpc) is 2.41. The number of pyridine rings is 1. The number of hydrogen-bond donors (Lipinski definition) is 1. The van der Waals surface area contributed by atoms with Crippen LogP contribution in [-0.2, 0) is 6.18 Å². The highest BCUT2D eigenvalue weighted by Crippen LogP contribution is 2.33. The Hall–Kier alpha value is -1.52. The summed E-state index contributed by atoms with van der Waals surface area (Å²) in [7, 11) is 0. The molecule has 0 radical (unpaired) electrons. The number of aryl methyl sites for hydroxylation is 1. The Labute approximate surface area is 77.8 Å². The molecule has 0 aliphatic carbocycles. The Morgan fingerprint density at radius 2 is 2.07 bits per heavy atom. The van der Waals surface area contributed by atoms with Crippen LogP contribution in [0.25, 0.3) is 11.0 Å². The summed E-state index contributed by atoms with van der Waals surface area (Å²) in [4.78, 5) is 6.50. The summed E-state index contributed by atoms with van der Waals surface area (Å²) in [6.07, 6.45) is -3.17. The van der Waals surface area contributed by atoms with Crippen molar-refractivity contribution in [2.24, 2.45) is 0 Å². The molecule has 14 heavy (non-hydrogen) atoms. The van der Waals surface area contributed by atoms with Crippen LogP contribution >= 0.6 is 0 Å². The predicted molar refractivity (Wildman–Crippen MR) is 45.8 cm³/mol. The lowest BCUT2D eigenvalue weighted by Gasteiger charge is -2.06. The second-order valence-electron chi connectivity index (χ2n) is 3.07. The van der Waals surface area contributed by atoms with E-state index in [1.165, 1.54) is 6.20 Å². The van der Waals surface area contributed by atoms with Gasteiger partial charge in [0.2, 0.25) is 0 Å². The maximum atomic E-state index is 12.5. The highest BCUT2D eigenvalue weighted by Gasteiger charge is 2.33. The molecule has 2 heterocycles. The van der Waals surface area contributed by atoms with Crippen molar-refractivity contribution in [2.45, 2.75) is 13.1 Å². The van der Waals surface area contributed by atoms with Gasteiger partial charge in [0.1, 0.15) is 0 Å². The lowest BCUT2D eigenvalue weighted by Crippen LogP contribution is -2.05. The Kier molecular flexibility index (Phi) is 1.77. The molecule has 0 saturated carbocycles. The fourth-order valence-electron chi connectivity index (χ4n) is 1.39. The number of alkyl halides is 3. The molecule has 5 heteroatoms. The van der Waals surface area contributed by atoms with Crippen molar-refractivity contribution in [1.29, 1.82) is 0 Å². The van der Waals surface area contributed by atoms with Crippen molar-refractivity contribution < 1.29 is 13.2 Å². The molecular weight excluding hydrogens is 193 g/mol. The first-order valence-electron chi connectivity index (χ1n) is 4.00. The maximum Gasteiger partial charge on any atom is 0.418 e. The van der Waals surface area contributed by atoms with Crippen molar-refractivity contribution >= 4 is 11.0 Å². The maximum absolute atomic E-state index is 12.5. The minimum Gasteiger partial charge on any atom is -0.357 e. The Morgan fingerprint density at radius 1 is 1.36 bits per heavy atom. The lowest BCUT2D eigenvalue weighted by atomic mass is 10.2. The van der Waals surface area contributed by atoms with E-state index in [0.717, 1.165) is 6.07 Å². The van der Waals surface area contributed by atoms with Gasteiger partial charge in [-0.2, -0.15) is 13.2 Å². The predicted octanol–water partition coefficient (Wildman–Crippen LogP) is 2.89. The van der Waals surface area contributed by atoms with Gasteiger partial charge in [0, 0.05) is 11.9 Å². The van der Waals surface area contributed by atoms with Gasteiger partial charge >= 0.3 is 6.18 Å². The molecule has 1 N–H and O–H groups in total. The van der Waals surface area contributed by atoms with E-state index >= 15 is 0 Å². The molecule has 0 bridgehead atoms. The molecule has 0 aromatic carbocycles. The highest BCUT2D eigenvalue weighted by atomic mass is 19.4. The van der Waals surface area contributed by atoms with Crippen LogP contribution in [0.1, 0.15) is 11.3 Å². The summed E-state index contributed by atoms with van der Waals surface area (Å²) in [6, 6.07) is 2.56. The molecule has 2 aromatic rings. The van der Waals surface area contributed by atoms with E-state index < -0.39 is 11.7 Å². The van der Waals surface area contributed by atoms with Crippen molar-refractivity contribution in [3.63, 3.8) is 0 Å². The van der Waals surface area contributed by atoms with Crippen molar-refractivity contribution in [3.8, 4) is 0 Å². The summed E-state index contributed by atoms with van der Waals surface area (Å²) in [5, 5.41) is 0. The van der Waals surface area contributed by atoms with E-state index in [0.29, 0.717) is 11.2 Å². The number of halogens is 3. The molecule has 0 aliphatic rings. The molecule has 2 aromatic heterocycles. The van der Waals surface area contributed by atoms with Gasteiger partial charge in [0.05, 0.1) is 16.6 Å². The second-order valence-corrected chi connectivity index (χ2v) is 3.07. The van der Waals surface area contributed by atoms with Crippen LogP contribution in [0, 0.1) is 6.92 Å². The largest absolute Gasteiger partial charge is 0.418 e. The Bertz CT molecular complexity index is 470. The molecule has 0 amide bonds.